The second-order valence-electron chi connectivity index (χ2n) is 3.21. The molecule has 0 bridgehead atoms. The van der Waals surface area contributed by atoms with Crippen molar-refractivity contribution in [2.75, 3.05) is 6.54 Å². The van der Waals surface area contributed by atoms with Crippen molar-refractivity contribution in [3.8, 4) is 0 Å². The van der Waals surface area contributed by atoms with Crippen LogP contribution in [-0.4, -0.2) is 17.4 Å². The topological polar surface area (TPSA) is 68.0 Å². The highest BCUT2D eigenvalue weighted by molar-refractivity contribution is 7.09. The maximum Gasteiger partial charge on any atom is 0.234 e. The molecule has 0 atom stereocenters. The molecular weight excluding hydrogens is 186 g/mol. The van der Waals surface area contributed by atoms with Gasteiger partial charge in [0.05, 0.1) is 12.1 Å². The van der Waals surface area contributed by atoms with Crippen LogP contribution in [0.15, 0.2) is 11.6 Å². The van der Waals surface area contributed by atoms with E-state index in [1.807, 2.05) is 19.2 Å². The zero-order chi connectivity index (χ0) is 9.90. The first-order valence-corrected chi connectivity index (χ1v) is 4.85. The van der Waals surface area contributed by atoms with Gasteiger partial charge in [-0.05, 0) is 13.8 Å². The number of carbonyl (C=O) groups excluding carboxylic acids is 1. The third-order valence-corrected chi connectivity index (χ3v) is 2.70. The molecule has 0 aliphatic rings. The van der Waals surface area contributed by atoms with Crippen LogP contribution in [0.2, 0.25) is 0 Å². The highest BCUT2D eigenvalue weighted by Gasteiger charge is 2.24. The Bertz CT molecular complexity index is 282. The van der Waals surface area contributed by atoms with Gasteiger partial charge in [0.1, 0.15) is 5.01 Å². The van der Waals surface area contributed by atoms with Gasteiger partial charge in [-0.2, -0.15) is 0 Å². The number of nitrogens with two attached hydrogens (primary N) is 1. The van der Waals surface area contributed by atoms with E-state index in [0.717, 1.165) is 5.01 Å². The van der Waals surface area contributed by atoms with Crippen LogP contribution >= 0.6 is 11.3 Å². The minimum absolute atomic E-state index is 0.00874. The molecule has 1 amide bonds. The number of thiazole rings is 1. The summed E-state index contributed by atoms with van der Waals surface area (Å²) < 4.78 is 0. The monoisotopic (exact) mass is 199 g/mol. The Morgan fingerprint density at radius 3 is 2.92 bits per heavy atom. The molecule has 5 heteroatoms. The molecule has 72 valence electrons. The van der Waals surface area contributed by atoms with Crippen LogP contribution in [0, 0.1) is 0 Å². The van der Waals surface area contributed by atoms with Gasteiger partial charge in [0.2, 0.25) is 5.91 Å². The number of rotatable bonds is 3. The molecule has 0 spiro atoms. The molecule has 0 saturated carbocycles. The summed E-state index contributed by atoms with van der Waals surface area (Å²) in [5, 5.41) is 5.56. The van der Waals surface area contributed by atoms with Gasteiger partial charge in [-0.1, -0.05) is 0 Å². The van der Waals surface area contributed by atoms with E-state index in [1.165, 1.54) is 11.3 Å². The fourth-order valence-electron chi connectivity index (χ4n) is 0.985. The summed E-state index contributed by atoms with van der Waals surface area (Å²) in [7, 11) is 0. The molecule has 1 aromatic heterocycles. The number of nitrogens with zero attached hydrogens (tertiary/aromatic N) is 1. The zero-order valence-corrected chi connectivity index (χ0v) is 8.52. The van der Waals surface area contributed by atoms with Gasteiger partial charge in [-0.15, -0.1) is 11.3 Å². The van der Waals surface area contributed by atoms with E-state index in [0.29, 0.717) is 0 Å². The Labute approximate surface area is 81.2 Å². The summed E-state index contributed by atoms with van der Waals surface area (Å²) in [4.78, 5) is 15.2. The molecule has 1 rings (SSSR count). The lowest BCUT2D eigenvalue weighted by Crippen LogP contribution is -2.43. The zero-order valence-electron chi connectivity index (χ0n) is 7.70. The Balaban J connectivity index is 2.72. The summed E-state index contributed by atoms with van der Waals surface area (Å²) in [6, 6.07) is 0. The van der Waals surface area contributed by atoms with Gasteiger partial charge in [-0.3, -0.25) is 4.79 Å². The number of aromatic nitrogens is 1. The molecule has 4 nitrogen and oxygen atoms in total. The van der Waals surface area contributed by atoms with Crippen molar-refractivity contribution in [3.63, 3.8) is 0 Å². The van der Waals surface area contributed by atoms with Crippen molar-refractivity contribution in [1.82, 2.24) is 10.3 Å². The number of carbonyl (C=O) groups is 1. The van der Waals surface area contributed by atoms with Crippen LogP contribution < -0.4 is 11.1 Å². The van der Waals surface area contributed by atoms with E-state index < -0.39 is 5.54 Å². The third-order valence-electron chi connectivity index (χ3n) is 1.60. The molecule has 0 aromatic carbocycles. The van der Waals surface area contributed by atoms with Crippen LogP contribution in [0.4, 0.5) is 0 Å². The third kappa shape index (κ3) is 2.50. The maximum atomic E-state index is 11.1. The smallest absolute Gasteiger partial charge is 0.234 e. The van der Waals surface area contributed by atoms with Gasteiger partial charge >= 0.3 is 0 Å². The molecule has 0 fully saturated rings. The van der Waals surface area contributed by atoms with Crippen LogP contribution in [0.5, 0.6) is 0 Å². The molecular formula is C8H13N3OS. The average molecular weight is 199 g/mol. The summed E-state index contributed by atoms with van der Waals surface area (Å²) in [5.74, 6) is -0.166. The number of amides is 1. The largest absolute Gasteiger partial charge is 0.344 e. The van der Waals surface area contributed by atoms with Crippen LogP contribution in [0.1, 0.15) is 18.9 Å². The van der Waals surface area contributed by atoms with E-state index in [4.69, 9.17) is 5.73 Å². The Hall–Kier alpha value is -0.940. The normalized spacial score (nSPS) is 11.3. The molecule has 0 aliphatic heterocycles. The molecule has 3 N–H and O–H groups in total. The molecule has 1 heterocycles. The number of hydrogen-bond acceptors (Lipinski definition) is 4. The fourth-order valence-corrected chi connectivity index (χ4v) is 1.70. The van der Waals surface area contributed by atoms with Crippen LogP contribution in [0.25, 0.3) is 0 Å². The predicted molar refractivity (Wildman–Crippen MR) is 52.3 cm³/mol. The van der Waals surface area contributed by atoms with Crippen LogP contribution in [0.3, 0.4) is 0 Å². The highest BCUT2D eigenvalue weighted by atomic mass is 32.1. The summed E-state index contributed by atoms with van der Waals surface area (Å²) in [6.07, 6.45) is 1.72. The Kier molecular flexibility index (Phi) is 3.00. The van der Waals surface area contributed by atoms with E-state index in [9.17, 15) is 4.79 Å². The predicted octanol–water partition coefficient (Wildman–Crippen LogP) is 0.453. The average Bonchev–Trinajstić information content (AvgIpc) is 2.55. The van der Waals surface area contributed by atoms with E-state index in [-0.39, 0.29) is 12.5 Å². The van der Waals surface area contributed by atoms with Crippen LogP contribution in [-0.2, 0) is 10.3 Å². The molecule has 0 unspecified atom stereocenters. The molecule has 0 radical (unpaired) electrons. The standard InChI is InChI=1S/C8H13N3OS/c1-8(2,11-6(12)5-9)7-10-3-4-13-7/h3-4H,5,9H2,1-2H3,(H,11,12). The maximum absolute atomic E-state index is 11.1. The first kappa shape index (κ1) is 10.1. The SMILES string of the molecule is CC(C)(NC(=O)CN)c1nccs1. The summed E-state index contributed by atoms with van der Waals surface area (Å²) in [5.41, 5.74) is 4.78. The minimum Gasteiger partial charge on any atom is -0.344 e. The molecule has 1 aromatic rings. The minimum atomic E-state index is -0.426. The van der Waals surface area contributed by atoms with E-state index in [1.54, 1.807) is 6.20 Å². The molecule has 0 aliphatic carbocycles. The highest BCUT2D eigenvalue weighted by Crippen LogP contribution is 2.21. The van der Waals surface area contributed by atoms with Crippen molar-refractivity contribution in [1.29, 1.82) is 0 Å². The van der Waals surface area contributed by atoms with Crippen molar-refractivity contribution >= 4 is 17.2 Å². The van der Waals surface area contributed by atoms with Gasteiger partial charge in [-0.25, -0.2) is 4.98 Å². The summed E-state index contributed by atoms with van der Waals surface area (Å²) in [6.45, 7) is 3.81. The van der Waals surface area contributed by atoms with Gasteiger partial charge in [0.15, 0.2) is 0 Å². The number of nitrogens with one attached hydrogen (secondary N) is 1. The van der Waals surface area contributed by atoms with Gasteiger partial charge in [0.25, 0.3) is 0 Å². The fraction of sp³-hybridized carbons (Fsp3) is 0.500. The van der Waals surface area contributed by atoms with Gasteiger partial charge < -0.3 is 11.1 Å². The second kappa shape index (κ2) is 3.85. The number of hydrogen-bond donors (Lipinski definition) is 2. The first-order chi connectivity index (χ1) is 6.06. The van der Waals surface area contributed by atoms with Crippen molar-refractivity contribution in [2.45, 2.75) is 19.4 Å². The van der Waals surface area contributed by atoms with E-state index in [2.05, 4.69) is 10.3 Å². The lowest BCUT2D eigenvalue weighted by atomic mass is 10.1. The Morgan fingerprint density at radius 2 is 2.46 bits per heavy atom. The summed E-state index contributed by atoms with van der Waals surface area (Å²) >= 11 is 1.52. The lowest BCUT2D eigenvalue weighted by molar-refractivity contribution is -0.121. The Morgan fingerprint density at radius 1 is 1.77 bits per heavy atom. The van der Waals surface area contributed by atoms with Crippen molar-refractivity contribution < 1.29 is 4.79 Å². The molecule has 0 saturated heterocycles. The van der Waals surface area contributed by atoms with E-state index >= 15 is 0 Å². The first-order valence-electron chi connectivity index (χ1n) is 3.97. The van der Waals surface area contributed by atoms with Crippen molar-refractivity contribution in [3.05, 3.63) is 16.6 Å². The molecule has 13 heavy (non-hydrogen) atoms. The second-order valence-corrected chi connectivity index (χ2v) is 4.11. The lowest BCUT2D eigenvalue weighted by Gasteiger charge is -2.23. The van der Waals surface area contributed by atoms with Crippen molar-refractivity contribution in [2.24, 2.45) is 5.73 Å². The van der Waals surface area contributed by atoms with Gasteiger partial charge in [0, 0.05) is 11.6 Å². The quantitative estimate of drug-likeness (QED) is 0.742.